The van der Waals surface area contributed by atoms with Gasteiger partial charge in [0.15, 0.2) is 5.69 Å². The van der Waals surface area contributed by atoms with Crippen LogP contribution in [0.1, 0.15) is 22.5 Å². The van der Waals surface area contributed by atoms with E-state index >= 15 is 0 Å². The second-order valence-electron chi connectivity index (χ2n) is 7.35. The van der Waals surface area contributed by atoms with Gasteiger partial charge in [-0.3, -0.25) is 24.8 Å². The predicted octanol–water partition coefficient (Wildman–Crippen LogP) is 3.62. The number of hydrogen-bond donors (Lipinski definition) is 2. The van der Waals surface area contributed by atoms with Crippen LogP contribution in [-0.2, 0) is 6.54 Å². The number of benzene rings is 1. The fourth-order valence-electron chi connectivity index (χ4n) is 3.55. The number of carbonyl (C=O) groups is 1. The number of amides is 1. The predicted molar refractivity (Wildman–Crippen MR) is 111 cm³/mol. The summed E-state index contributed by atoms with van der Waals surface area (Å²) in [6.07, 6.45) is 7.54. The molecular weight excluding hydrogens is 383 g/mol. The zero-order valence-corrected chi connectivity index (χ0v) is 16.1. The lowest BCUT2D eigenvalue weighted by molar-refractivity contribution is 0.102. The van der Waals surface area contributed by atoms with Gasteiger partial charge in [-0.2, -0.15) is 5.10 Å². The van der Waals surface area contributed by atoms with Gasteiger partial charge in [0.25, 0.3) is 5.91 Å². The first-order chi connectivity index (χ1) is 14.7. The number of nitrogens with zero attached hydrogens (tertiary/aromatic N) is 4. The van der Waals surface area contributed by atoms with Gasteiger partial charge in [0.05, 0.1) is 17.4 Å². The van der Waals surface area contributed by atoms with E-state index < -0.39 is 11.7 Å². The molecule has 7 nitrogen and oxygen atoms in total. The summed E-state index contributed by atoms with van der Waals surface area (Å²) in [4.78, 5) is 23.3. The second-order valence-corrected chi connectivity index (χ2v) is 7.35. The van der Waals surface area contributed by atoms with Crippen molar-refractivity contribution in [2.75, 3.05) is 18.4 Å². The molecule has 5 rings (SSSR count). The van der Waals surface area contributed by atoms with Crippen LogP contribution >= 0.6 is 0 Å². The third-order valence-corrected chi connectivity index (χ3v) is 5.28. The number of hydrogen-bond acceptors (Lipinski definition) is 5. The van der Waals surface area contributed by atoms with E-state index in [2.05, 4.69) is 36.4 Å². The fourth-order valence-corrected chi connectivity index (χ4v) is 3.55. The Labute approximate surface area is 172 Å². The van der Waals surface area contributed by atoms with Crippen LogP contribution in [0.25, 0.3) is 22.0 Å². The van der Waals surface area contributed by atoms with Crippen LogP contribution in [0.2, 0.25) is 0 Å². The van der Waals surface area contributed by atoms with Gasteiger partial charge in [0.1, 0.15) is 5.82 Å². The maximum Gasteiger partial charge on any atom is 0.276 e. The molecule has 0 radical (unpaired) electrons. The van der Waals surface area contributed by atoms with Gasteiger partial charge in [0.2, 0.25) is 0 Å². The highest BCUT2D eigenvalue weighted by Gasteiger charge is 2.17. The summed E-state index contributed by atoms with van der Waals surface area (Å²) in [5.41, 5.74) is 3.99. The Kier molecular flexibility index (Phi) is 4.68. The van der Waals surface area contributed by atoms with Crippen molar-refractivity contribution in [1.82, 2.24) is 25.1 Å². The van der Waals surface area contributed by atoms with Crippen molar-refractivity contribution in [1.29, 1.82) is 0 Å². The third kappa shape index (κ3) is 3.53. The molecule has 1 aromatic carbocycles. The highest BCUT2D eigenvalue weighted by Crippen LogP contribution is 2.27. The summed E-state index contributed by atoms with van der Waals surface area (Å²) in [5, 5.41) is 10.2. The average molecular weight is 402 g/mol. The topological polar surface area (TPSA) is 86.8 Å². The molecular formula is C22H19FN6O. The highest BCUT2D eigenvalue weighted by molar-refractivity contribution is 6.11. The molecule has 1 saturated heterocycles. The van der Waals surface area contributed by atoms with Crippen LogP contribution in [0.3, 0.4) is 0 Å². The van der Waals surface area contributed by atoms with E-state index in [-0.39, 0.29) is 11.4 Å². The number of pyridine rings is 2. The number of aromatic amines is 1. The molecule has 1 amide bonds. The first-order valence-corrected chi connectivity index (χ1v) is 9.73. The molecule has 4 heterocycles. The zero-order chi connectivity index (χ0) is 20.5. The summed E-state index contributed by atoms with van der Waals surface area (Å²) in [7, 11) is 0. The van der Waals surface area contributed by atoms with Crippen molar-refractivity contribution >= 4 is 22.5 Å². The number of aromatic nitrogens is 4. The van der Waals surface area contributed by atoms with Gasteiger partial charge in [-0.15, -0.1) is 0 Å². The lowest BCUT2D eigenvalue weighted by Crippen LogP contribution is -2.36. The first kappa shape index (κ1) is 18.4. The van der Waals surface area contributed by atoms with Crippen LogP contribution in [-0.4, -0.2) is 44.1 Å². The maximum absolute atomic E-state index is 13.9. The molecule has 1 fully saturated rings. The van der Waals surface area contributed by atoms with Crippen LogP contribution in [0.15, 0.2) is 55.1 Å². The number of H-pyrrole nitrogens is 1. The molecule has 4 aromatic rings. The lowest BCUT2D eigenvalue weighted by Gasteiger charge is -2.30. The smallest absolute Gasteiger partial charge is 0.276 e. The molecule has 0 bridgehead atoms. The Hall–Kier alpha value is -3.65. The summed E-state index contributed by atoms with van der Waals surface area (Å²) < 4.78 is 13.9. The molecule has 1 aliphatic heterocycles. The molecule has 30 heavy (non-hydrogen) atoms. The van der Waals surface area contributed by atoms with E-state index in [0.29, 0.717) is 5.39 Å². The van der Waals surface area contributed by atoms with Crippen LogP contribution in [0.5, 0.6) is 0 Å². The van der Waals surface area contributed by atoms with Crippen molar-refractivity contribution in [3.63, 3.8) is 0 Å². The number of anilines is 1. The Morgan fingerprint density at radius 1 is 1.10 bits per heavy atom. The fraction of sp³-hybridized carbons (Fsp3) is 0.182. The van der Waals surface area contributed by atoms with Gasteiger partial charge < -0.3 is 5.32 Å². The molecule has 2 N–H and O–H groups in total. The van der Waals surface area contributed by atoms with Crippen LogP contribution in [0.4, 0.5) is 10.1 Å². The molecule has 0 aliphatic carbocycles. The van der Waals surface area contributed by atoms with Crippen molar-refractivity contribution in [2.24, 2.45) is 0 Å². The standard InChI is InChI=1S/C22H19FN6O/c23-18-4-5-24-12-20(18)26-22(30)21-17-9-15(2-3-19(17)27-28-21)16-8-14(10-25-11-16)13-29-6-1-7-29/h2-5,8-12H,1,6-7,13H2,(H,26,30)(H,27,28). The second kappa shape index (κ2) is 7.64. The molecule has 3 aromatic heterocycles. The van der Waals surface area contributed by atoms with Gasteiger partial charge in [-0.25, -0.2) is 4.39 Å². The Bertz CT molecular complexity index is 1230. The Balaban J connectivity index is 1.45. The lowest BCUT2D eigenvalue weighted by atomic mass is 10.0. The van der Waals surface area contributed by atoms with E-state index in [0.717, 1.165) is 41.8 Å². The zero-order valence-electron chi connectivity index (χ0n) is 16.1. The summed E-state index contributed by atoms with van der Waals surface area (Å²) in [6, 6.07) is 9.06. The van der Waals surface area contributed by atoms with Gasteiger partial charge in [0, 0.05) is 36.1 Å². The van der Waals surface area contributed by atoms with Gasteiger partial charge in [-0.05, 0) is 54.9 Å². The van der Waals surface area contributed by atoms with E-state index in [9.17, 15) is 9.18 Å². The molecule has 1 aliphatic rings. The van der Waals surface area contributed by atoms with Gasteiger partial charge in [-0.1, -0.05) is 6.07 Å². The third-order valence-electron chi connectivity index (χ3n) is 5.28. The molecule has 0 saturated carbocycles. The normalized spacial score (nSPS) is 13.9. The van der Waals surface area contributed by atoms with E-state index in [1.165, 1.54) is 24.9 Å². The largest absolute Gasteiger partial charge is 0.317 e. The molecule has 150 valence electrons. The van der Waals surface area contributed by atoms with Crippen LogP contribution in [0, 0.1) is 5.82 Å². The quantitative estimate of drug-likeness (QED) is 0.533. The minimum Gasteiger partial charge on any atom is -0.317 e. The van der Waals surface area contributed by atoms with Crippen molar-refractivity contribution in [3.05, 3.63) is 72.2 Å². The van der Waals surface area contributed by atoms with Crippen molar-refractivity contribution in [2.45, 2.75) is 13.0 Å². The maximum atomic E-state index is 13.9. The van der Waals surface area contributed by atoms with Crippen molar-refractivity contribution < 1.29 is 9.18 Å². The monoisotopic (exact) mass is 402 g/mol. The summed E-state index contributed by atoms with van der Waals surface area (Å²) in [6.45, 7) is 3.14. The number of fused-ring (bicyclic) bond motifs is 1. The van der Waals surface area contributed by atoms with Crippen LogP contribution < -0.4 is 5.32 Å². The number of rotatable bonds is 5. The van der Waals surface area contributed by atoms with Crippen molar-refractivity contribution in [3.8, 4) is 11.1 Å². The minimum absolute atomic E-state index is 0.0118. The van der Waals surface area contributed by atoms with Gasteiger partial charge >= 0.3 is 0 Å². The average Bonchev–Trinajstić information content (AvgIpc) is 3.16. The van der Waals surface area contributed by atoms with E-state index in [1.807, 2.05) is 30.6 Å². The Morgan fingerprint density at radius 3 is 2.80 bits per heavy atom. The molecule has 0 unspecified atom stereocenters. The minimum atomic E-state index is -0.552. The summed E-state index contributed by atoms with van der Waals surface area (Å²) >= 11 is 0. The number of halogens is 1. The van der Waals surface area contributed by atoms with E-state index in [1.54, 1.807) is 0 Å². The first-order valence-electron chi connectivity index (χ1n) is 9.73. The number of likely N-dealkylation sites (tertiary alicyclic amines) is 1. The molecule has 0 spiro atoms. The Morgan fingerprint density at radius 2 is 2.00 bits per heavy atom. The molecule has 0 atom stereocenters. The van der Waals surface area contributed by atoms with E-state index in [4.69, 9.17) is 0 Å². The summed E-state index contributed by atoms with van der Waals surface area (Å²) in [5.74, 6) is -1.06. The highest BCUT2D eigenvalue weighted by atomic mass is 19.1. The number of nitrogens with one attached hydrogen (secondary N) is 2. The molecule has 8 heteroatoms. The number of carbonyl (C=O) groups excluding carboxylic acids is 1. The SMILES string of the molecule is O=C(Nc1cnccc1F)c1n[nH]c2ccc(-c3cncc(CN4CCC4)c3)cc12.